The minimum absolute atomic E-state index is 0.0150. The first-order valence-corrected chi connectivity index (χ1v) is 17.2. The van der Waals surface area contributed by atoms with Crippen LogP contribution >= 0.6 is 0 Å². The second-order valence-corrected chi connectivity index (χ2v) is 13.9. The van der Waals surface area contributed by atoms with E-state index in [9.17, 15) is 28.4 Å². The van der Waals surface area contributed by atoms with Gasteiger partial charge in [0, 0.05) is 30.9 Å². The number of Topliss-reactive ketones (excluding diaryl/α,β-unsaturated/α-hetero) is 1. The lowest BCUT2D eigenvalue weighted by Crippen LogP contribution is -2.45. The second kappa shape index (κ2) is 14.2. The normalized spacial score (nSPS) is 30.4. The third-order valence-corrected chi connectivity index (χ3v) is 10.7. The molecular weight excluding hydrogens is 607 g/mol. The molecule has 3 aliphatic heterocycles. The van der Waals surface area contributed by atoms with Crippen molar-refractivity contribution in [1.82, 2.24) is 9.80 Å². The van der Waals surface area contributed by atoms with E-state index in [2.05, 4.69) is 6.08 Å². The van der Waals surface area contributed by atoms with Crippen molar-refractivity contribution in [3.05, 3.63) is 47.3 Å². The number of carbonyl (C=O) groups is 5. The fraction of sp³-hybridized carbons (Fsp3) is 0.639. The van der Waals surface area contributed by atoms with Crippen LogP contribution in [0, 0.1) is 23.1 Å². The van der Waals surface area contributed by atoms with Crippen LogP contribution in [0.4, 0.5) is 9.18 Å². The molecule has 0 aromatic heterocycles. The number of amides is 2. The maximum Gasteiger partial charge on any atom is 0.410 e. The molecule has 1 aromatic carbocycles. The van der Waals surface area contributed by atoms with E-state index in [1.807, 2.05) is 6.08 Å². The highest BCUT2D eigenvalue weighted by molar-refractivity contribution is 5.96. The van der Waals surface area contributed by atoms with Crippen LogP contribution in [-0.2, 0) is 46.5 Å². The fourth-order valence-corrected chi connectivity index (χ4v) is 7.97. The summed E-state index contributed by atoms with van der Waals surface area (Å²) in [5, 5.41) is 0. The van der Waals surface area contributed by atoms with E-state index in [0.717, 1.165) is 51.4 Å². The van der Waals surface area contributed by atoms with Crippen LogP contribution in [0.1, 0.15) is 94.6 Å². The molecule has 2 saturated carbocycles. The van der Waals surface area contributed by atoms with Crippen molar-refractivity contribution in [2.75, 3.05) is 13.7 Å². The molecule has 2 amide bonds. The molecular formula is C36H45FN2O8. The molecule has 5 aliphatic rings. The van der Waals surface area contributed by atoms with Crippen LogP contribution in [-0.4, -0.2) is 71.4 Å². The van der Waals surface area contributed by atoms with Crippen molar-refractivity contribution in [1.29, 1.82) is 0 Å². The number of allylic oxidation sites excluding steroid dienone is 2. The fourth-order valence-electron chi connectivity index (χ4n) is 7.97. The monoisotopic (exact) mass is 652 g/mol. The van der Waals surface area contributed by atoms with Gasteiger partial charge in [0.15, 0.2) is 5.78 Å². The van der Waals surface area contributed by atoms with Crippen LogP contribution in [0.5, 0.6) is 0 Å². The van der Waals surface area contributed by atoms with Gasteiger partial charge in [0.2, 0.25) is 5.91 Å². The predicted molar refractivity (Wildman–Crippen MR) is 167 cm³/mol. The molecule has 1 saturated heterocycles. The van der Waals surface area contributed by atoms with Crippen molar-refractivity contribution in [3.8, 4) is 0 Å². The Morgan fingerprint density at radius 1 is 0.979 bits per heavy atom. The number of benzene rings is 1. The van der Waals surface area contributed by atoms with Gasteiger partial charge >= 0.3 is 18.0 Å². The van der Waals surface area contributed by atoms with E-state index >= 15 is 0 Å². The number of rotatable bonds is 5. The third-order valence-electron chi connectivity index (χ3n) is 10.7. The molecule has 0 spiro atoms. The number of fused-ring (bicyclic) bond motifs is 3. The lowest BCUT2D eigenvalue weighted by molar-refractivity contribution is -0.154. The van der Waals surface area contributed by atoms with Gasteiger partial charge in [-0.1, -0.05) is 37.1 Å². The molecule has 10 nitrogen and oxygen atoms in total. The van der Waals surface area contributed by atoms with Crippen molar-refractivity contribution in [2.24, 2.45) is 17.3 Å². The minimum Gasteiger partial charge on any atom is -0.469 e. The highest BCUT2D eigenvalue weighted by Crippen LogP contribution is 2.57. The Morgan fingerprint density at radius 3 is 2.53 bits per heavy atom. The van der Waals surface area contributed by atoms with Crippen LogP contribution in [0.2, 0.25) is 0 Å². The molecule has 0 N–H and O–H groups in total. The first-order valence-electron chi connectivity index (χ1n) is 17.2. The van der Waals surface area contributed by atoms with Gasteiger partial charge in [-0.05, 0) is 68.9 Å². The van der Waals surface area contributed by atoms with Gasteiger partial charge in [0.1, 0.15) is 18.0 Å². The molecule has 2 aliphatic carbocycles. The van der Waals surface area contributed by atoms with Gasteiger partial charge in [0.25, 0.3) is 0 Å². The summed E-state index contributed by atoms with van der Waals surface area (Å²) in [6, 6.07) is 3.79. The van der Waals surface area contributed by atoms with Gasteiger partial charge in [-0.2, -0.15) is 0 Å². The Kier molecular flexibility index (Phi) is 9.98. The lowest BCUT2D eigenvalue weighted by atomic mass is 9.91. The topological polar surface area (TPSA) is 120 Å². The second-order valence-electron chi connectivity index (χ2n) is 13.9. The Balaban J connectivity index is 1.22. The number of nitrogens with zero attached hydrogens (tertiary/aromatic N) is 2. The molecule has 1 unspecified atom stereocenters. The quantitative estimate of drug-likeness (QED) is 0.236. The van der Waals surface area contributed by atoms with Crippen LogP contribution in [0.3, 0.4) is 0 Å². The number of carbonyl (C=O) groups excluding carboxylic acids is 5. The number of methoxy groups -OCH3 is 1. The van der Waals surface area contributed by atoms with Crippen molar-refractivity contribution >= 4 is 29.7 Å². The largest absolute Gasteiger partial charge is 0.469 e. The maximum absolute atomic E-state index is 14.4. The van der Waals surface area contributed by atoms with E-state index in [1.165, 1.54) is 23.0 Å². The van der Waals surface area contributed by atoms with Gasteiger partial charge in [-0.25, -0.2) is 9.18 Å². The van der Waals surface area contributed by atoms with Crippen molar-refractivity contribution < 1.29 is 42.6 Å². The molecule has 3 heterocycles. The predicted octanol–water partition coefficient (Wildman–Crippen LogP) is 5.40. The van der Waals surface area contributed by atoms with Gasteiger partial charge in [-0.3, -0.25) is 24.1 Å². The standard InChI is InChI=1S/C36H45FN2O8/c1-45-34(43)36-18-25(36)12-6-4-2-3-5-10-23(16-32(41)46-26-13-7-8-14-26)33(42)39-21-27(17-30(39)31(40)19-36)47-35(44)38-20-24-11-9-15-29(37)28(24)22-38/h6,9,11-12,15,23,25-27,30H,2-5,7-8,10,13-14,16-22H2,1H3/b12-6-/t23-,25+,27-,30?,36-/m1/s1. The molecule has 5 atom stereocenters. The summed E-state index contributed by atoms with van der Waals surface area (Å²) in [6.07, 6.45) is 10.3. The third kappa shape index (κ3) is 7.23. The molecule has 6 rings (SSSR count). The Hall–Kier alpha value is -3.76. The zero-order valence-corrected chi connectivity index (χ0v) is 27.1. The molecule has 3 fully saturated rings. The zero-order valence-electron chi connectivity index (χ0n) is 27.1. The Morgan fingerprint density at radius 2 is 1.77 bits per heavy atom. The summed E-state index contributed by atoms with van der Waals surface area (Å²) < 4.78 is 31.1. The number of hydrogen-bond donors (Lipinski definition) is 0. The summed E-state index contributed by atoms with van der Waals surface area (Å²) in [5.41, 5.74) is 0.171. The van der Waals surface area contributed by atoms with Gasteiger partial charge in [0.05, 0.1) is 38.1 Å². The molecule has 0 radical (unpaired) electrons. The first-order chi connectivity index (χ1) is 22.7. The number of ketones is 1. The van der Waals surface area contributed by atoms with Crippen LogP contribution in [0.25, 0.3) is 0 Å². The first kappa shape index (κ1) is 33.2. The summed E-state index contributed by atoms with van der Waals surface area (Å²) >= 11 is 0. The average molecular weight is 653 g/mol. The Bertz CT molecular complexity index is 1420. The van der Waals surface area contributed by atoms with E-state index in [4.69, 9.17) is 14.2 Å². The SMILES string of the molecule is COC(=O)[C@]12CC(=O)C3C[C@@H](OC(=O)N4Cc5cccc(F)c5C4)CN3C(=O)[C@@H](CC(=O)OC3CCCC3)CCCCC/C=C\[C@H]1C2. The number of halogens is 1. The number of ether oxygens (including phenoxy) is 3. The molecule has 11 heteroatoms. The number of hydrogen-bond acceptors (Lipinski definition) is 8. The molecule has 0 bridgehead atoms. The van der Waals surface area contributed by atoms with Crippen molar-refractivity contribution in [2.45, 2.75) is 115 Å². The van der Waals surface area contributed by atoms with Crippen LogP contribution < -0.4 is 0 Å². The maximum atomic E-state index is 14.4. The highest BCUT2D eigenvalue weighted by atomic mass is 19.1. The molecule has 47 heavy (non-hydrogen) atoms. The molecule has 254 valence electrons. The van der Waals surface area contributed by atoms with Gasteiger partial charge in [-0.15, -0.1) is 0 Å². The number of esters is 2. The van der Waals surface area contributed by atoms with Crippen molar-refractivity contribution in [3.63, 3.8) is 0 Å². The summed E-state index contributed by atoms with van der Waals surface area (Å²) in [7, 11) is 1.31. The smallest absolute Gasteiger partial charge is 0.410 e. The minimum atomic E-state index is -0.984. The lowest BCUT2D eigenvalue weighted by Gasteiger charge is -2.29. The summed E-state index contributed by atoms with van der Waals surface area (Å²) in [5.74, 6) is -2.69. The zero-order chi connectivity index (χ0) is 33.1. The summed E-state index contributed by atoms with van der Waals surface area (Å²) in [4.78, 5) is 70.5. The average Bonchev–Trinajstić information content (AvgIpc) is 3.49. The van der Waals surface area contributed by atoms with E-state index in [0.29, 0.717) is 24.0 Å². The Labute approximate surface area is 274 Å². The van der Waals surface area contributed by atoms with E-state index in [-0.39, 0.29) is 68.4 Å². The molecule has 1 aromatic rings. The highest BCUT2D eigenvalue weighted by Gasteiger charge is 2.61. The van der Waals surface area contributed by atoms with E-state index in [1.54, 1.807) is 12.1 Å². The van der Waals surface area contributed by atoms with Crippen LogP contribution in [0.15, 0.2) is 30.4 Å². The summed E-state index contributed by atoms with van der Waals surface area (Å²) in [6.45, 7) is 0.255. The van der Waals surface area contributed by atoms with E-state index < -0.39 is 41.5 Å². The van der Waals surface area contributed by atoms with Gasteiger partial charge < -0.3 is 19.1 Å².